The van der Waals surface area contributed by atoms with Crippen molar-refractivity contribution < 1.29 is 94.3 Å². The third-order valence-corrected chi connectivity index (χ3v) is 4.67. The summed E-state index contributed by atoms with van der Waals surface area (Å²) in [5, 5.41) is 27.9. The van der Waals surface area contributed by atoms with E-state index in [9.17, 15) is 94.3 Å². The van der Waals surface area contributed by atoms with E-state index in [0.717, 1.165) is 0 Å². The van der Waals surface area contributed by atoms with E-state index in [0.29, 0.717) is 0 Å². The highest BCUT2D eigenvalue weighted by Crippen LogP contribution is 2.61. The summed E-state index contributed by atoms with van der Waals surface area (Å²) in [4.78, 5) is 0. The smallest absolute Gasteiger partial charge is 0.369 e. The Labute approximate surface area is 184 Å². The Morgan fingerprint density at radius 3 is 0.722 bits per heavy atom. The number of benzene rings is 1. The normalized spacial score (nSPS) is 15.9. The maximum Gasteiger partial charge on any atom is 0.430 e. The maximum atomic E-state index is 13.4. The van der Waals surface area contributed by atoms with Gasteiger partial charge in [0.05, 0.1) is 0 Å². The molecule has 0 spiro atoms. The van der Waals surface area contributed by atoms with Crippen LogP contribution < -0.4 is 0 Å². The van der Waals surface area contributed by atoms with Gasteiger partial charge in [-0.25, -0.2) is 0 Å². The minimum atomic E-state index is -7.70. The highest BCUT2D eigenvalue weighted by Gasteiger charge is 2.80. The number of rotatable bonds is 3. The molecule has 36 heavy (non-hydrogen) atoms. The van der Waals surface area contributed by atoms with Gasteiger partial charge in [-0.3, -0.25) is 0 Å². The van der Waals surface area contributed by atoms with Crippen LogP contribution in [0.3, 0.4) is 0 Å². The molecule has 0 saturated heterocycles. The van der Waals surface area contributed by atoms with Crippen LogP contribution in [0.2, 0.25) is 0 Å². The second-order valence-electron chi connectivity index (χ2n) is 6.85. The zero-order chi connectivity index (χ0) is 29.4. The minimum Gasteiger partial charge on any atom is -0.369 e. The van der Waals surface area contributed by atoms with Gasteiger partial charge in [-0.15, -0.1) is 0 Å². The summed E-state index contributed by atoms with van der Waals surface area (Å²) in [6.07, 6.45) is -45.3. The molecule has 0 amide bonds. The van der Waals surface area contributed by atoms with Crippen molar-refractivity contribution in [1.82, 2.24) is 0 Å². The zero-order valence-corrected chi connectivity index (χ0v) is 15.9. The van der Waals surface area contributed by atoms with Gasteiger partial charge in [0.25, 0.3) is 16.8 Å². The Kier molecular flexibility index (Phi) is 7.23. The zero-order valence-electron chi connectivity index (χ0n) is 15.9. The molecule has 0 heterocycles. The fraction of sp³-hybridized carbons (Fsp3) is 0.600. The lowest BCUT2D eigenvalue weighted by atomic mass is 9.73. The molecule has 0 fully saturated rings. The van der Waals surface area contributed by atoms with Crippen LogP contribution in [0.5, 0.6) is 0 Å². The number of alkyl halides is 18. The van der Waals surface area contributed by atoms with E-state index in [1.807, 2.05) is 0 Å². The van der Waals surface area contributed by atoms with E-state index in [1.54, 1.807) is 0 Å². The minimum absolute atomic E-state index is 0.785. The van der Waals surface area contributed by atoms with E-state index in [-0.39, 0.29) is 0 Å². The Morgan fingerprint density at radius 1 is 0.361 bits per heavy atom. The Balaban J connectivity index is 4.79. The first-order valence-electron chi connectivity index (χ1n) is 8.07. The molecule has 0 aliphatic heterocycles. The van der Waals surface area contributed by atoms with E-state index < -0.39 is 88.8 Å². The molecule has 1 rings (SSSR count). The summed E-state index contributed by atoms with van der Waals surface area (Å²) in [6, 6.07) is -3.18. The van der Waals surface area contributed by atoms with Crippen molar-refractivity contribution in [1.29, 1.82) is 0 Å². The van der Waals surface area contributed by atoms with Crippen LogP contribution in [0.1, 0.15) is 16.7 Å². The average molecular weight is 576 g/mol. The molecule has 0 unspecified atom stereocenters. The molecule has 3 N–H and O–H groups in total. The largest absolute Gasteiger partial charge is 0.430 e. The Bertz CT molecular complexity index is 861. The standard InChI is InChI=1S/C15H6F18O3/c16-10(17,18)7(34,11(19,20)21)4-2-1-3-5(8(35,12(22,23)24)13(25,26)27)6(4)9(36,14(28,29)30)15(31,32)33/h1-3,34-36H. The van der Waals surface area contributed by atoms with Crippen molar-refractivity contribution in [2.45, 2.75) is 53.9 Å². The molecule has 210 valence electrons. The predicted molar refractivity (Wildman–Crippen MR) is 74.5 cm³/mol. The van der Waals surface area contributed by atoms with Gasteiger partial charge in [-0.2, -0.15) is 79.0 Å². The summed E-state index contributed by atoms with van der Waals surface area (Å²) in [5.74, 6) is 0. The fourth-order valence-corrected chi connectivity index (χ4v) is 2.92. The number of hydrogen-bond acceptors (Lipinski definition) is 3. The summed E-state index contributed by atoms with van der Waals surface area (Å²) in [5.41, 5.74) is -33.9. The van der Waals surface area contributed by atoms with Gasteiger partial charge < -0.3 is 15.3 Å². The van der Waals surface area contributed by atoms with Crippen molar-refractivity contribution in [3.05, 3.63) is 34.9 Å². The summed E-state index contributed by atoms with van der Waals surface area (Å²) in [6.45, 7) is 0. The van der Waals surface area contributed by atoms with E-state index in [1.165, 1.54) is 0 Å². The second kappa shape index (κ2) is 8.17. The molecule has 0 aromatic heterocycles. The van der Waals surface area contributed by atoms with Crippen molar-refractivity contribution in [3.8, 4) is 0 Å². The molecule has 1 aromatic carbocycles. The van der Waals surface area contributed by atoms with Gasteiger partial charge in [0, 0.05) is 16.7 Å². The molecule has 0 aliphatic rings. The van der Waals surface area contributed by atoms with E-state index in [2.05, 4.69) is 0 Å². The van der Waals surface area contributed by atoms with Crippen LogP contribution in [0.25, 0.3) is 0 Å². The van der Waals surface area contributed by atoms with Crippen LogP contribution in [-0.4, -0.2) is 52.4 Å². The van der Waals surface area contributed by atoms with Crippen LogP contribution in [0, 0.1) is 0 Å². The molecule has 0 atom stereocenters. The predicted octanol–water partition coefficient (Wildman–Crippen LogP) is 5.62. The van der Waals surface area contributed by atoms with Crippen LogP contribution in [0.15, 0.2) is 18.2 Å². The first kappa shape index (κ1) is 31.9. The van der Waals surface area contributed by atoms with Gasteiger partial charge in [0.2, 0.25) is 0 Å². The Morgan fingerprint density at radius 2 is 0.556 bits per heavy atom. The first-order chi connectivity index (χ1) is 15.3. The SMILES string of the molecule is OC(c1cccc(C(O)(C(F)(F)F)C(F)(F)F)c1C(O)(C(F)(F)F)C(F)(F)F)(C(F)(F)F)C(F)(F)F. The molecular formula is C15H6F18O3. The molecule has 0 saturated carbocycles. The molecule has 0 bridgehead atoms. The van der Waals surface area contributed by atoms with Crippen molar-refractivity contribution >= 4 is 0 Å². The van der Waals surface area contributed by atoms with E-state index >= 15 is 0 Å². The Hall–Kier alpha value is -2.16. The second-order valence-corrected chi connectivity index (χ2v) is 6.85. The van der Waals surface area contributed by atoms with Gasteiger partial charge in [-0.05, 0) is 0 Å². The van der Waals surface area contributed by atoms with Crippen LogP contribution >= 0.6 is 0 Å². The number of hydrogen-bond donors (Lipinski definition) is 3. The highest BCUT2D eigenvalue weighted by molar-refractivity contribution is 5.50. The fourth-order valence-electron chi connectivity index (χ4n) is 2.92. The monoisotopic (exact) mass is 576 g/mol. The molecule has 1 aromatic rings. The average Bonchev–Trinajstić information content (AvgIpc) is 2.59. The van der Waals surface area contributed by atoms with Crippen LogP contribution in [0.4, 0.5) is 79.0 Å². The molecular weight excluding hydrogens is 570 g/mol. The number of aliphatic hydroxyl groups is 3. The lowest BCUT2D eigenvalue weighted by molar-refractivity contribution is -0.393. The summed E-state index contributed by atoms with van der Waals surface area (Å²) >= 11 is 0. The maximum absolute atomic E-state index is 13.4. The number of halogens is 18. The third-order valence-electron chi connectivity index (χ3n) is 4.67. The first-order valence-corrected chi connectivity index (χ1v) is 8.07. The lowest BCUT2D eigenvalue weighted by Crippen LogP contribution is -2.62. The van der Waals surface area contributed by atoms with E-state index in [4.69, 9.17) is 0 Å². The lowest BCUT2D eigenvalue weighted by Gasteiger charge is -2.43. The van der Waals surface area contributed by atoms with Gasteiger partial charge >= 0.3 is 37.1 Å². The van der Waals surface area contributed by atoms with Crippen molar-refractivity contribution in [2.24, 2.45) is 0 Å². The third kappa shape index (κ3) is 4.31. The quantitative estimate of drug-likeness (QED) is 0.410. The van der Waals surface area contributed by atoms with Gasteiger partial charge in [0.15, 0.2) is 0 Å². The molecule has 21 heteroatoms. The highest BCUT2D eigenvalue weighted by atomic mass is 19.4. The van der Waals surface area contributed by atoms with Crippen LogP contribution in [-0.2, 0) is 16.8 Å². The van der Waals surface area contributed by atoms with Crippen molar-refractivity contribution in [3.63, 3.8) is 0 Å². The summed E-state index contributed by atoms with van der Waals surface area (Å²) in [7, 11) is 0. The molecule has 0 aliphatic carbocycles. The summed E-state index contributed by atoms with van der Waals surface area (Å²) < 4.78 is 239. The topological polar surface area (TPSA) is 60.7 Å². The van der Waals surface area contributed by atoms with Gasteiger partial charge in [-0.1, -0.05) is 18.2 Å². The molecule has 3 nitrogen and oxygen atoms in total. The molecule has 0 radical (unpaired) electrons. The van der Waals surface area contributed by atoms with Crippen molar-refractivity contribution in [2.75, 3.05) is 0 Å². The van der Waals surface area contributed by atoms with Gasteiger partial charge in [0.1, 0.15) is 0 Å².